The highest BCUT2D eigenvalue weighted by Crippen LogP contribution is 2.43. The van der Waals surface area contributed by atoms with Gasteiger partial charge in [-0.05, 0) is 47.7 Å². The number of nitrogens with zero attached hydrogens (tertiary/aromatic N) is 4. The van der Waals surface area contributed by atoms with Crippen molar-refractivity contribution in [2.45, 2.75) is 44.4 Å². The third-order valence-corrected chi connectivity index (χ3v) is 7.20. The van der Waals surface area contributed by atoms with Crippen LogP contribution in [0, 0.1) is 0 Å². The molecule has 34 heavy (non-hydrogen) atoms. The molecule has 0 aliphatic carbocycles. The van der Waals surface area contributed by atoms with Gasteiger partial charge in [-0.15, -0.1) is 11.3 Å². The molecule has 1 fully saturated rings. The maximum atomic E-state index is 14.1. The van der Waals surface area contributed by atoms with Crippen molar-refractivity contribution < 1.29 is 19.4 Å². The summed E-state index contributed by atoms with van der Waals surface area (Å²) in [4.78, 5) is 31.3. The van der Waals surface area contributed by atoms with Gasteiger partial charge in [0, 0.05) is 29.4 Å². The predicted octanol–water partition coefficient (Wildman–Crippen LogP) is 3.86. The Kier molecular flexibility index (Phi) is 6.26. The Morgan fingerprint density at radius 3 is 2.59 bits per heavy atom. The minimum atomic E-state index is -1.51. The molecular weight excluding hydrogens is 452 g/mol. The molecule has 2 atom stereocenters. The van der Waals surface area contributed by atoms with Crippen LogP contribution < -0.4 is 4.74 Å². The van der Waals surface area contributed by atoms with Gasteiger partial charge in [0.05, 0.1) is 13.7 Å². The van der Waals surface area contributed by atoms with E-state index in [9.17, 15) is 14.7 Å². The van der Waals surface area contributed by atoms with Crippen LogP contribution in [-0.4, -0.2) is 62.8 Å². The number of amides is 1. The molecule has 0 radical (unpaired) electrons. The van der Waals surface area contributed by atoms with Gasteiger partial charge in [0.15, 0.2) is 5.54 Å². The molecule has 0 saturated carbocycles. The molecule has 180 valence electrons. The van der Waals surface area contributed by atoms with Crippen molar-refractivity contribution in [2.24, 2.45) is 0 Å². The molecule has 8 nitrogen and oxygen atoms in total. The van der Waals surface area contributed by atoms with Crippen LogP contribution in [-0.2, 0) is 16.8 Å². The van der Waals surface area contributed by atoms with Gasteiger partial charge in [-0.1, -0.05) is 32.9 Å². The number of likely N-dealkylation sites (N-methyl/N-ethyl adjacent to an activating group) is 1. The van der Waals surface area contributed by atoms with Gasteiger partial charge in [-0.3, -0.25) is 19.3 Å². The number of carbonyl (C=O) groups excluding carboxylic acids is 1. The van der Waals surface area contributed by atoms with E-state index in [1.165, 1.54) is 16.2 Å². The van der Waals surface area contributed by atoms with Crippen molar-refractivity contribution in [1.29, 1.82) is 0 Å². The lowest BCUT2D eigenvalue weighted by Crippen LogP contribution is -2.58. The second-order valence-electron chi connectivity index (χ2n) is 9.68. The standard InChI is InChI=1S/C25H30N4O4S/c1-24(2,3)18-10-9-17(14-19(18)33-5)22(30)29-21(20-8-6-13-34-20)27(4)15-25(29,23(31)32)16-28-12-7-11-26-28/h6-14,21H,15-16H2,1-5H3,(H,31,32). The van der Waals surface area contributed by atoms with E-state index in [0.717, 1.165) is 10.4 Å². The Morgan fingerprint density at radius 1 is 1.26 bits per heavy atom. The molecule has 3 heterocycles. The number of thiophene rings is 1. The second-order valence-corrected chi connectivity index (χ2v) is 10.7. The summed E-state index contributed by atoms with van der Waals surface area (Å²) in [5, 5.41) is 16.7. The van der Waals surface area contributed by atoms with E-state index < -0.39 is 17.7 Å². The molecule has 3 aromatic rings. The van der Waals surface area contributed by atoms with Crippen LogP contribution >= 0.6 is 11.3 Å². The third kappa shape index (κ3) is 4.10. The largest absolute Gasteiger partial charge is 0.496 e. The summed E-state index contributed by atoms with van der Waals surface area (Å²) in [6.45, 7) is 6.43. The summed E-state index contributed by atoms with van der Waals surface area (Å²) in [6.07, 6.45) is 2.80. The SMILES string of the molecule is COc1cc(C(=O)N2C(c3cccs3)N(C)CC2(Cn2cccn2)C(=O)O)ccc1C(C)(C)C. The number of ether oxygens (including phenoxy) is 1. The topological polar surface area (TPSA) is 87.9 Å². The minimum absolute atomic E-state index is 0.0322. The monoisotopic (exact) mass is 482 g/mol. The van der Waals surface area contributed by atoms with Crippen LogP contribution in [0.25, 0.3) is 0 Å². The van der Waals surface area contributed by atoms with Gasteiger partial charge >= 0.3 is 5.97 Å². The van der Waals surface area contributed by atoms with Crippen molar-refractivity contribution >= 4 is 23.2 Å². The number of benzene rings is 1. The Hall–Kier alpha value is -3.17. The van der Waals surface area contributed by atoms with Crippen LogP contribution in [0.4, 0.5) is 0 Å². The Bertz CT molecular complexity index is 1170. The number of hydrogen-bond donors (Lipinski definition) is 1. The van der Waals surface area contributed by atoms with Gasteiger partial charge in [0.1, 0.15) is 11.9 Å². The van der Waals surface area contributed by atoms with E-state index in [-0.39, 0.29) is 24.4 Å². The average Bonchev–Trinajstić information content (AvgIpc) is 3.53. The van der Waals surface area contributed by atoms with Crippen LogP contribution in [0.1, 0.15) is 47.7 Å². The minimum Gasteiger partial charge on any atom is -0.496 e. The van der Waals surface area contributed by atoms with E-state index in [1.54, 1.807) is 42.4 Å². The average molecular weight is 483 g/mol. The fourth-order valence-electron chi connectivity index (χ4n) is 4.70. The fraction of sp³-hybridized carbons (Fsp3) is 0.400. The molecular formula is C25H30N4O4S. The van der Waals surface area contributed by atoms with Crippen LogP contribution in [0.2, 0.25) is 0 Å². The molecule has 9 heteroatoms. The quantitative estimate of drug-likeness (QED) is 0.574. The summed E-state index contributed by atoms with van der Waals surface area (Å²) in [5.41, 5.74) is -0.332. The number of carbonyl (C=O) groups is 2. The molecule has 0 spiro atoms. The first-order chi connectivity index (χ1) is 16.1. The van der Waals surface area contributed by atoms with E-state index in [4.69, 9.17) is 4.74 Å². The number of hydrogen-bond acceptors (Lipinski definition) is 6. The normalized spacial score (nSPS) is 21.1. The first kappa shape index (κ1) is 24.0. The summed E-state index contributed by atoms with van der Waals surface area (Å²) in [6, 6.07) is 10.9. The number of methoxy groups -OCH3 is 1. The molecule has 0 bridgehead atoms. The zero-order chi connectivity index (χ0) is 24.7. The number of rotatable bonds is 6. The number of carboxylic acid groups (broad SMARTS) is 1. The van der Waals surface area contributed by atoms with E-state index in [2.05, 4.69) is 25.9 Å². The summed E-state index contributed by atoms with van der Waals surface area (Å²) >= 11 is 1.50. The van der Waals surface area contributed by atoms with Crippen molar-refractivity contribution in [1.82, 2.24) is 19.6 Å². The van der Waals surface area contributed by atoms with E-state index >= 15 is 0 Å². The molecule has 1 saturated heterocycles. The predicted molar refractivity (Wildman–Crippen MR) is 130 cm³/mol. The zero-order valence-corrected chi connectivity index (χ0v) is 20.9. The van der Waals surface area contributed by atoms with Crippen molar-refractivity contribution in [3.8, 4) is 5.75 Å². The van der Waals surface area contributed by atoms with Crippen LogP contribution in [0.15, 0.2) is 54.2 Å². The van der Waals surface area contributed by atoms with Gasteiger partial charge in [-0.25, -0.2) is 4.79 Å². The smallest absolute Gasteiger partial charge is 0.333 e. The number of aromatic nitrogens is 2. The maximum absolute atomic E-state index is 14.1. The second kappa shape index (κ2) is 8.88. The highest BCUT2D eigenvalue weighted by atomic mass is 32.1. The van der Waals surface area contributed by atoms with E-state index in [0.29, 0.717) is 11.3 Å². The molecule has 1 N–H and O–H groups in total. The summed E-state index contributed by atoms with van der Waals surface area (Å²) in [5.74, 6) is -0.830. The van der Waals surface area contributed by atoms with Gasteiger partial charge < -0.3 is 9.84 Å². The zero-order valence-electron chi connectivity index (χ0n) is 20.1. The molecule has 1 aromatic carbocycles. The lowest BCUT2D eigenvalue weighted by atomic mass is 9.85. The first-order valence-corrected chi connectivity index (χ1v) is 11.9. The maximum Gasteiger partial charge on any atom is 0.333 e. The third-order valence-electron chi connectivity index (χ3n) is 6.29. The lowest BCUT2D eigenvalue weighted by molar-refractivity contribution is -0.149. The van der Waals surface area contributed by atoms with Gasteiger partial charge in [-0.2, -0.15) is 5.10 Å². The van der Waals surface area contributed by atoms with Crippen molar-refractivity contribution in [2.75, 3.05) is 20.7 Å². The summed E-state index contributed by atoms with van der Waals surface area (Å²) < 4.78 is 7.19. The lowest BCUT2D eigenvalue weighted by Gasteiger charge is -2.37. The van der Waals surface area contributed by atoms with E-state index in [1.807, 2.05) is 35.5 Å². The molecule has 1 aliphatic rings. The molecule has 1 amide bonds. The number of aliphatic carboxylic acids is 1. The molecule has 2 unspecified atom stereocenters. The Morgan fingerprint density at radius 2 is 2.03 bits per heavy atom. The number of carboxylic acids is 1. The van der Waals surface area contributed by atoms with Gasteiger partial charge in [0.2, 0.25) is 0 Å². The highest BCUT2D eigenvalue weighted by molar-refractivity contribution is 7.10. The Labute approximate surface area is 203 Å². The van der Waals surface area contributed by atoms with Crippen molar-refractivity contribution in [3.63, 3.8) is 0 Å². The first-order valence-electron chi connectivity index (χ1n) is 11.0. The molecule has 1 aliphatic heterocycles. The highest BCUT2D eigenvalue weighted by Gasteiger charge is 2.58. The Balaban J connectivity index is 1.85. The van der Waals surface area contributed by atoms with Crippen molar-refractivity contribution in [3.05, 3.63) is 70.2 Å². The summed E-state index contributed by atoms with van der Waals surface area (Å²) in [7, 11) is 3.43. The van der Waals surface area contributed by atoms with Crippen LogP contribution in [0.3, 0.4) is 0 Å². The molecule has 4 rings (SSSR count). The fourth-order valence-corrected chi connectivity index (χ4v) is 5.58. The van der Waals surface area contributed by atoms with Crippen LogP contribution in [0.5, 0.6) is 5.75 Å². The van der Waals surface area contributed by atoms with Gasteiger partial charge in [0.25, 0.3) is 5.91 Å². The molecule has 2 aromatic heterocycles.